The fraction of sp³-hybridized carbons (Fsp3) is 0.571. The average Bonchev–Trinajstić information content (AvgIpc) is 3.15. The van der Waals surface area contributed by atoms with E-state index in [9.17, 15) is 0 Å². The summed E-state index contributed by atoms with van der Waals surface area (Å²) in [6.45, 7) is 11.7. The highest BCUT2D eigenvalue weighted by Gasteiger charge is 2.59. The molecule has 0 radical (unpaired) electrons. The third-order valence-corrected chi connectivity index (χ3v) is 5.77. The first-order valence-corrected chi connectivity index (χ1v) is 9.04. The Balaban J connectivity index is 1.59. The van der Waals surface area contributed by atoms with E-state index in [4.69, 9.17) is 19.2 Å². The molecule has 1 aromatic carbocycles. The summed E-state index contributed by atoms with van der Waals surface area (Å²) in [5.41, 5.74) is 1.80. The number of rotatable bonds is 2. The van der Waals surface area contributed by atoms with Gasteiger partial charge in [-0.2, -0.15) is 0 Å². The molecule has 2 spiro atoms. The molecule has 1 saturated heterocycles. The van der Waals surface area contributed by atoms with Crippen LogP contribution in [0.1, 0.15) is 45.4 Å². The first kappa shape index (κ1) is 17.0. The summed E-state index contributed by atoms with van der Waals surface area (Å²) in [4.78, 5) is 4.71. The first-order chi connectivity index (χ1) is 11.8. The maximum Gasteiger partial charge on any atom is 0.175 e. The second-order valence-electron chi connectivity index (χ2n) is 8.37. The van der Waals surface area contributed by atoms with Crippen LogP contribution in [-0.2, 0) is 14.2 Å². The van der Waals surface area contributed by atoms with Gasteiger partial charge in [0.05, 0.1) is 13.2 Å². The highest BCUT2D eigenvalue weighted by atomic mass is 16.7. The largest absolute Gasteiger partial charge is 0.350 e. The van der Waals surface area contributed by atoms with Crippen LogP contribution >= 0.6 is 0 Å². The third kappa shape index (κ3) is 2.97. The third-order valence-electron chi connectivity index (χ3n) is 5.77. The molecular formula is C21H27NO3. The van der Waals surface area contributed by atoms with Crippen molar-refractivity contribution in [2.45, 2.75) is 51.2 Å². The Morgan fingerprint density at radius 1 is 1.16 bits per heavy atom. The predicted octanol–water partition coefficient (Wildman–Crippen LogP) is 4.28. The number of hydrogen-bond donors (Lipinski definition) is 0. The fourth-order valence-electron chi connectivity index (χ4n) is 4.43. The molecule has 4 rings (SSSR count). The Labute approximate surface area is 149 Å². The molecule has 0 N–H and O–H groups in total. The van der Waals surface area contributed by atoms with E-state index in [0.717, 1.165) is 24.0 Å². The van der Waals surface area contributed by atoms with Crippen LogP contribution in [0.5, 0.6) is 0 Å². The van der Waals surface area contributed by atoms with Crippen LogP contribution in [0.4, 0.5) is 0 Å². The Hall–Kier alpha value is -1.49. The SMILES string of the molecule is C=C(C)[C@H]1CC2(COC(C)(C)OC2)C[C@]12C=N[C@@H](c1ccccc1)O2. The molecule has 1 aromatic rings. The van der Waals surface area contributed by atoms with Gasteiger partial charge in [0.2, 0.25) is 0 Å². The molecule has 4 heteroatoms. The van der Waals surface area contributed by atoms with Gasteiger partial charge >= 0.3 is 0 Å². The van der Waals surface area contributed by atoms with Gasteiger partial charge in [0.25, 0.3) is 0 Å². The lowest BCUT2D eigenvalue weighted by Crippen LogP contribution is -2.46. The second-order valence-corrected chi connectivity index (χ2v) is 8.37. The zero-order chi connectivity index (χ0) is 17.7. The molecule has 0 amide bonds. The van der Waals surface area contributed by atoms with Crippen molar-refractivity contribution >= 4 is 6.21 Å². The number of nitrogens with zero attached hydrogens (tertiary/aromatic N) is 1. The molecule has 2 fully saturated rings. The van der Waals surface area contributed by atoms with Crippen molar-refractivity contribution in [2.24, 2.45) is 16.3 Å². The second kappa shape index (κ2) is 5.76. The topological polar surface area (TPSA) is 40.0 Å². The van der Waals surface area contributed by atoms with E-state index in [1.54, 1.807) is 0 Å². The highest BCUT2D eigenvalue weighted by Crippen LogP contribution is 2.56. The van der Waals surface area contributed by atoms with Gasteiger partial charge in [-0.3, -0.25) is 4.99 Å². The van der Waals surface area contributed by atoms with E-state index in [-0.39, 0.29) is 17.6 Å². The molecule has 3 aliphatic rings. The summed E-state index contributed by atoms with van der Waals surface area (Å²) in [6, 6.07) is 10.2. The first-order valence-electron chi connectivity index (χ1n) is 9.04. The lowest BCUT2D eigenvalue weighted by atomic mass is 9.85. The van der Waals surface area contributed by atoms with Gasteiger partial charge < -0.3 is 14.2 Å². The number of hydrogen-bond acceptors (Lipinski definition) is 4. The lowest BCUT2D eigenvalue weighted by Gasteiger charge is -2.41. The van der Waals surface area contributed by atoms with Crippen LogP contribution in [0.15, 0.2) is 47.5 Å². The van der Waals surface area contributed by atoms with Crippen molar-refractivity contribution in [3.63, 3.8) is 0 Å². The molecule has 0 aromatic heterocycles. The monoisotopic (exact) mass is 341 g/mol. The Bertz CT molecular complexity index is 686. The van der Waals surface area contributed by atoms with E-state index in [1.807, 2.05) is 38.3 Å². The molecule has 134 valence electrons. The number of aliphatic imine (C=N–C) groups is 1. The summed E-state index contributed by atoms with van der Waals surface area (Å²) in [7, 11) is 0. The van der Waals surface area contributed by atoms with Gasteiger partial charge in [0.15, 0.2) is 12.0 Å². The van der Waals surface area contributed by atoms with Gasteiger partial charge in [0.1, 0.15) is 5.60 Å². The lowest BCUT2D eigenvalue weighted by molar-refractivity contribution is -0.286. The summed E-state index contributed by atoms with van der Waals surface area (Å²) in [6.07, 6.45) is 3.62. The predicted molar refractivity (Wildman–Crippen MR) is 97.4 cm³/mol. The quantitative estimate of drug-likeness (QED) is 0.754. The van der Waals surface area contributed by atoms with Gasteiger partial charge in [-0.15, -0.1) is 0 Å². The Morgan fingerprint density at radius 3 is 2.48 bits per heavy atom. The van der Waals surface area contributed by atoms with Crippen molar-refractivity contribution < 1.29 is 14.2 Å². The molecule has 0 unspecified atom stereocenters. The summed E-state index contributed by atoms with van der Waals surface area (Å²) >= 11 is 0. The van der Waals surface area contributed by atoms with Crippen LogP contribution < -0.4 is 0 Å². The average molecular weight is 341 g/mol. The molecule has 2 heterocycles. The molecule has 2 aliphatic heterocycles. The van der Waals surface area contributed by atoms with E-state index in [1.165, 1.54) is 0 Å². The number of benzene rings is 1. The molecule has 0 bridgehead atoms. The smallest absolute Gasteiger partial charge is 0.175 e. The Kier molecular flexibility index (Phi) is 3.91. The van der Waals surface area contributed by atoms with Crippen LogP contribution in [-0.4, -0.2) is 30.8 Å². The number of ether oxygens (including phenoxy) is 3. The maximum atomic E-state index is 6.56. The standard InChI is InChI=1S/C21H27NO3/c1-15(2)17-10-20(13-23-19(3,4)24-14-20)11-21(17)12-22-18(25-21)16-8-6-5-7-9-16/h5-9,12,17-18H,1,10-11,13-14H2,2-4H3/t17-,18-,21+/m1/s1. The summed E-state index contributed by atoms with van der Waals surface area (Å²) in [5, 5.41) is 0. The Morgan fingerprint density at radius 2 is 1.84 bits per heavy atom. The molecule has 1 aliphatic carbocycles. The van der Waals surface area contributed by atoms with Gasteiger partial charge in [-0.1, -0.05) is 42.5 Å². The molecule has 1 saturated carbocycles. The molecule has 3 atom stereocenters. The van der Waals surface area contributed by atoms with Crippen molar-refractivity contribution in [3.8, 4) is 0 Å². The zero-order valence-corrected chi connectivity index (χ0v) is 15.3. The van der Waals surface area contributed by atoms with Crippen molar-refractivity contribution in [1.82, 2.24) is 0 Å². The minimum absolute atomic E-state index is 0.0310. The molecule has 4 nitrogen and oxygen atoms in total. The van der Waals surface area contributed by atoms with Gasteiger partial charge in [-0.05, 0) is 33.6 Å². The molecule has 25 heavy (non-hydrogen) atoms. The normalized spacial score (nSPS) is 35.5. The van der Waals surface area contributed by atoms with E-state index >= 15 is 0 Å². The fourth-order valence-corrected chi connectivity index (χ4v) is 4.43. The van der Waals surface area contributed by atoms with Crippen LogP contribution in [0.3, 0.4) is 0 Å². The summed E-state index contributed by atoms with van der Waals surface area (Å²) < 4.78 is 18.5. The maximum absolute atomic E-state index is 6.56. The van der Waals surface area contributed by atoms with Crippen LogP contribution in [0.2, 0.25) is 0 Å². The van der Waals surface area contributed by atoms with E-state index in [2.05, 4.69) is 25.6 Å². The van der Waals surface area contributed by atoms with Crippen molar-refractivity contribution in [3.05, 3.63) is 48.0 Å². The minimum Gasteiger partial charge on any atom is -0.350 e. The van der Waals surface area contributed by atoms with Gasteiger partial charge in [0, 0.05) is 23.1 Å². The minimum atomic E-state index is -0.503. The zero-order valence-electron chi connectivity index (χ0n) is 15.3. The van der Waals surface area contributed by atoms with Crippen LogP contribution in [0, 0.1) is 11.3 Å². The van der Waals surface area contributed by atoms with E-state index < -0.39 is 11.4 Å². The summed E-state index contributed by atoms with van der Waals surface area (Å²) in [5.74, 6) is -0.268. The van der Waals surface area contributed by atoms with Gasteiger partial charge in [-0.25, -0.2) is 0 Å². The molecular weight excluding hydrogens is 314 g/mol. The highest BCUT2D eigenvalue weighted by molar-refractivity contribution is 5.73. The van der Waals surface area contributed by atoms with Crippen molar-refractivity contribution in [1.29, 1.82) is 0 Å². The van der Waals surface area contributed by atoms with E-state index in [0.29, 0.717) is 13.2 Å². The van der Waals surface area contributed by atoms with Crippen molar-refractivity contribution in [2.75, 3.05) is 13.2 Å². The van der Waals surface area contributed by atoms with Crippen LogP contribution in [0.25, 0.3) is 0 Å².